The first-order valence-electron chi connectivity index (χ1n) is 38.0. The molecule has 5 rings (SSSR count). The van der Waals surface area contributed by atoms with Gasteiger partial charge in [-0.15, -0.1) is 0 Å². The fourth-order valence-electron chi connectivity index (χ4n) is 14.6. The summed E-state index contributed by atoms with van der Waals surface area (Å²) in [6.45, 7) is 5.51. The van der Waals surface area contributed by atoms with Gasteiger partial charge in [0.2, 0.25) is 0 Å². The Kier molecular flexibility index (Phi) is 37.4. The van der Waals surface area contributed by atoms with Gasteiger partial charge < -0.3 is 91.2 Å². The molecule has 0 aromatic carbocycles. The number of esters is 7. The van der Waals surface area contributed by atoms with E-state index >= 15 is 0 Å². The summed E-state index contributed by atoms with van der Waals surface area (Å²) in [5.41, 5.74) is -1.81. The van der Waals surface area contributed by atoms with E-state index in [0.717, 1.165) is 0 Å². The van der Waals surface area contributed by atoms with Crippen molar-refractivity contribution in [2.24, 2.45) is 82.3 Å². The van der Waals surface area contributed by atoms with E-state index in [1.54, 1.807) is 0 Å². The SMILES string of the molecule is CCC(CC(CC(CC(CC(CC)C(=O)OCC(CO)(CO)COC(=O)C1CCCC(C(=O)OC(C)COC(=O)C2CC(C(=O)OC3CCC(O)CC3)CC(S(=O)(=O)[O-])C2)C1)C(=O)O)C(=O)OCCOCCOC(=O)C1CCCC(C(=O)O[Si](C)(C)OC(=O)C2CCCC(C(=O)O[Si](C)(C)O)C2)C1)C(=O)O)C(=O)O. The summed E-state index contributed by atoms with van der Waals surface area (Å²) in [6.07, 6.45) is 0.327. The summed E-state index contributed by atoms with van der Waals surface area (Å²) in [5.74, 6) is -25.6. The molecule has 620 valence electrons. The number of hydrogen-bond donors (Lipinski definition) is 7. The first kappa shape index (κ1) is 92.9. The molecule has 34 nitrogen and oxygen atoms in total. The minimum atomic E-state index is -4.94. The summed E-state index contributed by atoms with van der Waals surface area (Å²) < 4.78 is 97.2. The largest absolute Gasteiger partial charge is 0.748 e. The quantitative estimate of drug-likeness (QED) is 0.0139. The van der Waals surface area contributed by atoms with Crippen LogP contribution in [0, 0.1) is 82.3 Å². The molecule has 0 heterocycles. The number of carboxylic acids is 3. The van der Waals surface area contributed by atoms with Crippen molar-refractivity contribution in [3.05, 3.63) is 0 Å². The van der Waals surface area contributed by atoms with Crippen molar-refractivity contribution < 1.29 is 162 Å². The Balaban J connectivity index is 1.09. The third-order valence-corrected chi connectivity index (χ3v) is 24.4. The Labute approximate surface area is 636 Å². The maximum absolute atomic E-state index is 13.9. The highest BCUT2D eigenvalue weighted by molar-refractivity contribution is 7.86. The lowest BCUT2D eigenvalue weighted by Crippen LogP contribution is -2.44. The second-order valence-corrected chi connectivity index (χ2v) is 38.9. The molecular formula is C72H113O34SSi2-. The van der Waals surface area contributed by atoms with Crippen LogP contribution in [0.15, 0.2) is 0 Å². The molecule has 5 aliphatic carbocycles. The fraction of sp³-hybridized carbons (Fsp3) is 0.819. The van der Waals surface area contributed by atoms with Gasteiger partial charge in [-0.2, -0.15) is 0 Å². The zero-order chi connectivity index (χ0) is 81.1. The Hall–Kier alpha value is -6.75. The van der Waals surface area contributed by atoms with Gasteiger partial charge in [-0.3, -0.25) is 62.3 Å². The highest BCUT2D eigenvalue weighted by Crippen LogP contribution is 2.39. The zero-order valence-corrected chi connectivity index (χ0v) is 66.2. The van der Waals surface area contributed by atoms with Gasteiger partial charge in [0.05, 0.1) is 130 Å². The van der Waals surface area contributed by atoms with Crippen molar-refractivity contribution in [2.45, 2.75) is 231 Å². The van der Waals surface area contributed by atoms with E-state index in [-0.39, 0.29) is 77.6 Å². The van der Waals surface area contributed by atoms with Crippen LogP contribution in [-0.2, 0) is 124 Å². The summed E-state index contributed by atoms with van der Waals surface area (Å²) in [5, 5.41) is 59.9. The van der Waals surface area contributed by atoms with E-state index in [4.69, 9.17) is 51.2 Å². The van der Waals surface area contributed by atoms with Crippen LogP contribution in [0.25, 0.3) is 0 Å². The maximum Gasteiger partial charge on any atom is 0.457 e. The number of carboxylic acid groups (broad SMARTS) is 3. The number of rotatable bonds is 43. The van der Waals surface area contributed by atoms with Crippen molar-refractivity contribution in [3.63, 3.8) is 0 Å². The zero-order valence-electron chi connectivity index (χ0n) is 63.4. The molecule has 5 fully saturated rings. The number of hydrogen-bond acceptors (Lipinski definition) is 31. The lowest BCUT2D eigenvalue weighted by atomic mass is 9.80. The van der Waals surface area contributed by atoms with Gasteiger partial charge in [-0.25, -0.2) is 8.42 Å². The molecule has 0 aromatic heterocycles. The van der Waals surface area contributed by atoms with Gasteiger partial charge in [-0.1, -0.05) is 33.1 Å². The van der Waals surface area contributed by atoms with E-state index in [2.05, 4.69) is 0 Å². The molecule has 0 saturated heterocycles. The smallest absolute Gasteiger partial charge is 0.457 e. The Morgan fingerprint density at radius 2 is 0.853 bits per heavy atom. The topological polar surface area (TPSA) is 522 Å². The third kappa shape index (κ3) is 31.0. The van der Waals surface area contributed by atoms with E-state index in [0.29, 0.717) is 70.6 Å². The van der Waals surface area contributed by atoms with Gasteiger partial charge in [0.15, 0.2) is 0 Å². The minimum absolute atomic E-state index is 0.0200. The van der Waals surface area contributed by atoms with Crippen LogP contribution in [-0.4, -0.2) is 226 Å². The summed E-state index contributed by atoms with van der Waals surface area (Å²) in [7, 11) is -11.5. The molecule has 5 aliphatic rings. The van der Waals surface area contributed by atoms with Gasteiger partial charge in [0, 0.05) is 13.1 Å². The van der Waals surface area contributed by atoms with Crippen molar-refractivity contribution >= 4 is 105 Å². The van der Waals surface area contributed by atoms with Gasteiger partial charge >= 0.3 is 76.8 Å². The molecule has 7 N–H and O–H groups in total. The van der Waals surface area contributed by atoms with Crippen LogP contribution in [0.2, 0.25) is 26.2 Å². The van der Waals surface area contributed by atoms with Crippen LogP contribution < -0.4 is 0 Å². The van der Waals surface area contributed by atoms with Gasteiger partial charge in [-0.05, 0) is 161 Å². The molecule has 0 spiro atoms. The summed E-state index contributed by atoms with van der Waals surface area (Å²) in [6, 6.07) is 0. The van der Waals surface area contributed by atoms with Crippen molar-refractivity contribution in [3.8, 4) is 0 Å². The molecule has 15 atom stereocenters. The Morgan fingerprint density at radius 3 is 1.31 bits per heavy atom. The molecule has 5 saturated carbocycles. The Morgan fingerprint density at radius 1 is 0.459 bits per heavy atom. The number of aliphatic hydroxyl groups is 3. The number of carbonyl (C=O) groups is 13. The lowest BCUT2D eigenvalue weighted by Gasteiger charge is -2.35. The highest BCUT2D eigenvalue weighted by atomic mass is 32.2. The second-order valence-electron chi connectivity index (χ2n) is 31.0. The highest BCUT2D eigenvalue weighted by Gasteiger charge is 2.46. The number of aliphatic carboxylic acids is 3. The van der Waals surface area contributed by atoms with Crippen LogP contribution in [0.5, 0.6) is 0 Å². The molecule has 109 heavy (non-hydrogen) atoms. The predicted octanol–water partition coefficient (Wildman–Crippen LogP) is 4.96. The fourth-order valence-corrected chi connectivity index (χ4v) is 17.6. The first-order chi connectivity index (χ1) is 51.2. The van der Waals surface area contributed by atoms with Crippen LogP contribution in [0.1, 0.15) is 181 Å². The summed E-state index contributed by atoms with van der Waals surface area (Å²) >= 11 is 0. The van der Waals surface area contributed by atoms with E-state index < -0.39 is 282 Å². The molecular weight excluding hydrogens is 1500 g/mol. The van der Waals surface area contributed by atoms with Gasteiger partial charge in [0.1, 0.15) is 45.2 Å². The monoisotopic (exact) mass is 1610 g/mol. The number of aliphatic hydroxyl groups excluding tert-OH is 3. The average molecular weight is 1610 g/mol. The first-order valence-corrected chi connectivity index (χ1v) is 45.1. The second kappa shape index (κ2) is 43.9. The Bertz CT molecular complexity index is 3200. The molecule has 0 bridgehead atoms. The molecule has 0 aliphatic heterocycles. The van der Waals surface area contributed by atoms with Crippen LogP contribution >= 0.6 is 0 Å². The predicted molar refractivity (Wildman–Crippen MR) is 378 cm³/mol. The van der Waals surface area contributed by atoms with Gasteiger partial charge in [0.25, 0.3) is 17.9 Å². The summed E-state index contributed by atoms with van der Waals surface area (Å²) in [4.78, 5) is 181. The molecule has 15 unspecified atom stereocenters. The standard InChI is InChI=1S/C72H114O34SSi2/c1-8-43(59(76)77)27-51(60(78)79)32-53(65(85)98-26-24-96-23-25-97-63(83)45-13-11-17-49(30-45)70(90)105-109(6,7)106-71(91)50-18-12-16-48(31-50)69(89)104-108(4,5)95)33-52(61(80)81)28-44(9-2)62(82)100-40-72(38-73,39-74)41-101-64(84)46-14-10-15-47(29-46)67(87)102-42(3)37-99-66(86)54-34-55(36-58(35-54)107(92,93)94)68(88)103-57-21-19-56(75)20-22-57/h42-58,73-75,95H,8-41H2,1-7H3,(H,76,77)(H,78,79)(H,80,81)(H,92,93,94)/p-1. The molecule has 0 amide bonds. The van der Waals surface area contributed by atoms with Crippen LogP contribution in [0.4, 0.5) is 0 Å². The van der Waals surface area contributed by atoms with E-state index in [1.165, 1.54) is 47.0 Å². The normalized spacial score (nSPS) is 25.1. The molecule has 0 aromatic rings. The third-order valence-electron chi connectivity index (χ3n) is 21.1. The van der Waals surface area contributed by atoms with Crippen molar-refractivity contribution in [1.82, 2.24) is 0 Å². The molecule has 37 heteroatoms. The lowest BCUT2D eigenvalue weighted by molar-refractivity contribution is -0.169. The van der Waals surface area contributed by atoms with Crippen molar-refractivity contribution in [2.75, 3.05) is 59.5 Å². The number of ether oxygens (including phenoxy) is 8. The minimum Gasteiger partial charge on any atom is -0.748 e. The van der Waals surface area contributed by atoms with E-state index in [9.17, 15) is 111 Å². The van der Waals surface area contributed by atoms with Crippen molar-refractivity contribution in [1.29, 1.82) is 0 Å². The number of carbonyl (C=O) groups excluding carboxylic acids is 10. The average Bonchev–Trinajstić information content (AvgIpc) is 0.818. The van der Waals surface area contributed by atoms with Crippen LogP contribution in [0.3, 0.4) is 0 Å². The molecule has 0 radical (unpaired) electrons. The van der Waals surface area contributed by atoms with E-state index in [1.807, 2.05) is 0 Å². The maximum atomic E-state index is 13.9.